The van der Waals surface area contributed by atoms with E-state index >= 15 is 0 Å². The van der Waals surface area contributed by atoms with Gasteiger partial charge in [0.15, 0.2) is 0 Å². The van der Waals surface area contributed by atoms with Crippen LogP contribution in [0.4, 0.5) is 5.13 Å². The summed E-state index contributed by atoms with van der Waals surface area (Å²) in [6.45, 7) is 0.851. The van der Waals surface area contributed by atoms with Crippen molar-refractivity contribution in [2.24, 2.45) is 7.05 Å². The maximum absolute atomic E-state index is 4.48. The smallest absolute Gasteiger partial charge is 0.202 e. The van der Waals surface area contributed by atoms with E-state index in [4.69, 9.17) is 0 Å². The van der Waals surface area contributed by atoms with E-state index in [1.54, 1.807) is 0 Å². The topological polar surface area (TPSA) is 55.6 Å². The molecule has 1 fully saturated rings. The monoisotopic (exact) mass is 249 g/mol. The molecule has 0 amide bonds. The highest BCUT2D eigenvalue weighted by Gasteiger charge is 2.27. The van der Waals surface area contributed by atoms with Gasteiger partial charge in [-0.2, -0.15) is 4.37 Å². The Balaban J connectivity index is 1.51. The first-order valence-corrected chi connectivity index (χ1v) is 6.64. The summed E-state index contributed by atoms with van der Waals surface area (Å²) in [5.74, 6) is 2.75. The fourth-order valence-corrected chi connectivity index (χ4v) is 2.40. The molecule has 0 atom stereocenters. The lowest BCUT2D eigenvalue weighted by Gasteiger charge is -2.02. The lowest BCUT2D eigenvalue weighted by molar-refractivity contribution is 0.789. The highest BCUT2D eigenvalue weighted by atomic mass is 32.1. The maximum Gasteiger partial charge on any atom is 0.202 e. The predicted octanol–water partition coefficient (Wildman–Crippen LogP) is 1.80. The predicted molar refractivity (Wildman–Crippen MR) is 67.3 cm³/mol. The Labute approximate surface area is 104 Å². The second kappa shape index (κ2) is 4.44. The van der Waals surface area contributed by atoms with Crippen molar-refractivity contribution in [1.29, 1.82) is 0 Å². The van der Waals surface area contributed by atoms with Crippen LogP contribution in [-0.2, 0) is 13.5 Å². The molecule has 2 heterocycles. The standard InChI is InChI=1S/C11H15N5S/c1-16-7-6-12-9(16)4-5-13-11-14-10(15-17-11)8-2-3-8/h6-8H,2-5H2,1H3,(H,13,14,15). The molecule has 90 valence electrons. The molecule has 0 spiro atoms. The Morgan fingerprint density at radius 2 is 2.41 bits per heavy atom. The van der Waals surface area contributed by atoms with Crippen molar-refractivity contribution < 1.29 is 0 Å². The van der Waals surface area contributed by atoms with Crippen LogP contribution in [0.3, 0.4) is 0 Å². The first-order chi connectivity index (χ1) is 8.33. The van der Waals surface area contributed by atoms with Crippen LogP contribution >= 0.6 is 11.5 Å². The highest BCUT2D eigenvalue weighted by Crippen LogP contribution is 2.39. The van der Waals surface area contributed by atoms with Crippen LogP contribution in [0.25, 0.3) is 0 Å². The molecule has 3 rings (SSSR count). The summed E-state index contributed by atoms with van der Waals surface area (Å²) >= 11 is 1.46. The van der Waals surface area contributed by atoms with Crippen LogP contribution in [0, 0.1) is 0 Å². The Hall–Kier alpha value is -1.43. The van der Waals surface area contributed by atoms with Gasteiger partial charge in [-0.15, -0.1) is 0 Å². The molecule has 0 radical (unpaired) electrons. The lowest BCUT2D eigenvalue weighted by Crippen LogP contribution is -2.08. The molecule has 6 heteroatoms. The number of aromatic nitrogens is 4. The van der Waals surface area contributed by atoms with Crippen LogP contribution in [0.2, 0.25) is 0 Å². The minimum atomic E-state index is 0.636. The summed E-state index contributed by atoms with van der Waals surface area (Å²) in [5, 5.41) is 4.24. The van der Waals surface area contributed by atoms with Crippen molar-refractivity contribution in [1.82, 2.24) is 18.9 Å². The SMILES string of the molecule is Cn1ccnc1CCNc1nc(C2CC2)ns1. The summed E-state index contributed by atoms with van der Waals surface area (Å²) in [5.41, 5.74) is 0. The van der Waals surface area contributed by atoms with E-state index in [2.05, 4.69) is 19.7 Å². The Bertz CT molecular complexity index is 499. The van der Waals surface area contributed by atoms with Crippen LogP contribution < -0.4 is 5.32 Å². The van der Waals surface area contributed by atoms with Crippen molar-refractivity contribution >= 4 is 16.7 Å². The number of aryl methyl sites for hydroxylation is 1. The van der Waals surface area contributed by atoms with Gasteiger partial charge in [0.1, 0.15) is 11.6 Å². The molecule has 0 bridgehead atoms. The molecule has 1 aliphatic rings. The summed E-state index contributed by atoms with van der Waals surface area (Å²) in [7, 11) is 2.01. The number of hydrogen-bond acceptors (Lipinski definition) is 5. The first-order valence-electron chi connectivity index (χ1n) is 5.86. The van der Waals surface area contributed by atoms with Crippen LogP contribution in [0.5, 0.6) is 0 Å². The van der Waals surface area contributed by atoms with Crippen molar-refractivity contribution in [3.05, 3.63) is 24.0 Å². The molecule has 0 aliphatic heterocycles. The second-order valence-corrected chi connectivity index (χ2v) is 5.12. The van der Waals surface area contributed by atoms with Gasteiger partial charge in [0.05, 0.1) is 0 Å². The maximum atomic E-state index is 4.48. The van der Waals surface area contributed by atoms with Gasteiger partial charge in [0, 0.05) is 49.9 Å². The van der Waals surface area contributed by atoms with E-state index < -0.39 is 0 Å². The summed E-state index contributed by atoms with van der Waals surface area (Å²) in [4.78, 5) is 8.76. The van der Waals surface area contributed by atoms with Gasteiger partial charge in [-0.3, -0.25) is 0 Å². The minimum absolute atomic E-state index is 0.636. The summed E-state index contributed by atoms with van der Waals surface area (Å²) in [6.07, 6.45) is 7.20. The van der Waals surface area contributed by atoms with Gasteiger partial charge in [-0.25, -0.2) is 9.97 Å². The number of hydrogen-bond donors (Lipinski definition) is 1. The van der Waals surface area contributed by atoms with Crippen molar-refractivity contribution in [3.8, 4) is 0 Å². The van der Waals surface area contributed by atoms with Crippen molar-refractivity contribution in [2.75, 3.05) is 11.9 Å². The third-order valence-corrected chi connectivity index (χ3v) is 3.62. The molecule has 0 saturated heterocycles. The number of anilines is 1. The molecule has 0 aromatic carbocycles. The number of nitrogens with zero attached hydrogens (tertiary/aromatic N) is 4. The minimum Gasteiger partial charge on any atom is -0.360 e. The van der Waals surface area contributed by atoms with Gasteiger partial charge in [-0.05, 0) is 12.8 Å². The molecule has 2 aromatic rings. The van der Waals surface area contributed by atoms with E-state index in [1.165, 1.54) is 24.4 Å². The van der Waals surface area contributed by atoms with Gasteiger partial charge in [-0.1, -0.05) is 0 Å². The average molecular weight is 249 g/mol. The zero-order chi connectivity index (χ0) is 11.7. The zero-order valence-corrected chi connectivity index (χ0v) is 10.6. The van der Waals surface area contributed by atoms with E-state index in [0.29, 0.717) is 5.92 Å². The summed E-state index contributed by atoms with van der Waals surface area (Å²) < 4.78 is 6.40. The van der Waals surface area contributed by atoms with Gasteiger partial charge in [0.2, 0.25) is 5.13 Å². The van der Waals surface area contributed by atoms with Crippen LogP contribution in [-0.4, -0.2) is 25.5 Å². The second-order valence-electron chi connectivity index (χ2n) is 4.36. The van der Waals surface area contributed by atoms with Crippen molar-refractivity contribution in [2.45, 2.75) is 25.2 Å². The average Bonchev–Trinajstić information content (AvgIpc) is 2.94. The first kappa shape index (κ1) is 10.7. The Kier molecular flexibility index (Phi) is 2.80. The van der Waals surface area contributed by atoms with Gasteiger partial charge >= 0.3 is 0 Å². The van der Waals surface area contributed by atoms with Gasteiger partial charge in [0.25, 0.3) is 0 Å². The van der Waals surface area contributed by atoms with E-state index in [-0.39, 0.29) is 0 Å². The highest BCUT2D eigenvalue weighted by molar-refractivity contribution is 7.09. The molecule has 0 unspecified atom stereocenters. The number of nitrogens with one attached hydrogen (secondary N) is 1. The van der Waals surface area contributed by atoms with Gasteiger partial charge < -0.3 is 9.88 Å². The molecule has 5 nitrogen and oxygen atoms in total. The molecular weight excluding hydrogens is 234 g/mol. The summed E-state index contributed by atoms with van der Waals surface area (Å²) in [6, 6.07) is 0. The third-order valence-electron chi connectivity index (χ3n) is 2.93. The van der Waals surface area contributed by atoms with Crippen LogP contribution in [0.1, 0.15) is 30.4 Å². The molecule has 2 aromatic heterocycles. The van der Waals surface area contributed by atoms with E-state index in [1.807, 2.05) is 24.0 Å². The van der Waals surface area contributed by atoms with Crippen LogP contribution in [0.15, 0.2) is 12.4 Å². The largest absolute Gasteiger partial charge is 0.360 e. The van der Waals surface area contributed by atoms with Crippen molar-refractivity contribution in [3.63, 3.8) is 0 Å². The third kappa shape index (κ3) is 2.46. The number of rotatable bonds is 5. The Morgan fingerprint density at radius 1 is 1.53 bits per heavy atom. The fourth-order valence-electron chi connectivity index (χ4n) is 1.73. The molecular formula is C11H15N5S. The fraction of sp³-hybridized carbons (Fsp3) is 0.545. The lowest BCUT2D eigenvalue weighted by atomic mass is 10.4. The molecule has 1 N–H and O–H groups in total. The number of imidazole rings is 1. The Morgan fingerprint density at radius 3 is 3.12 bits per heavy atom. The molecule has 1 saturated carbocycles. The normalized spacial score (nSPS) is 15.1. The zero-order valence-electron chi connectivity index (χ0n) is 9.76. The molecule has 17 heavy (non-hydrogen) atoms. The van der Waals surface area contributed by atoms with E-state index in [9.17, 15) is 0 Å². The van der Waals surface area contributed by atoms with E-state index in [0.717, 1.165) is 29.7 Å². The molecule has 1 aliphatic carbocycles. The quantitative estimate of drug-likeness (QED) is 0.878.